The van der Waals surface area contributed by atoms with E-state index >= 15 is 0 Å². The van der Waals surface area contributed by atoms with Gasteiger partial charge in [0, 0.05) is 11.1 Å². The first-order chi connectivity index (χ1) is 15.2. The van der Waals surface area contributed by atoms with Crippen LogP contribution in [0.4, 0.5) is 11.4 Å². The minimum absolute atomic E-state index is 0.0298. The Bertz CT molecular complexity index is 1150. The van der Waals surface area contributed by atoms with Crippen molar-refractivity contribution in [3.8, 4) is 5.75 Å². The minimum atomic E-state index is -0.725. The number of methoxy groups -OCH3 is 1. The standard InChI is InChI=1S/C26H26N2O4/c1-26(2,3)23(29)22-21-20(19-14-9-15-7-5-6-8-18(15)28(19)22)24(30)27(25(21)31)16-10-12-17(32-4)13-11-16/h5-14,19-22H,1-4H3/t19-,20-,21-,22+/m1/s1. The van der Waals surface area contributed by atoms with Crippen LogP contribution in [0.15, 0.2) is 54.6 Å². The fraction of sp³-hybridized carbons (Fsp3) is 0.346. The third-order valence-corrected chi connectivity index (χ3v) is 6.75. The Kier molecular flexibility index (Phi) is 4.52. The maximum Gasteiger partial charge on any atom is 0.240 e. The number of para-hydroxylation sites is 1. The molecule has 32 heavy (non-hydrogen) atoms. The number of imide groups is 1. The average molecular weight is 431 g/mol. The van der Waals surface area contributed by atoms with Crippen LogP contribution < -0.4 is 14.5 Å². The Morgan fingerprint density at radius 1 is 0.938 bits per heavy atom. The van der Waals surface area contributed by atoms with E-state index in [1.165, 1.54) is 4.90 Å². The lowest BCUT2D eigenvalue weighted by Crippen LogP contribution is -2.51. The summed E-state index contributed by atoms with van der Waals surface area (Å²) in [6.45, 7) is 5.60. The number of ketones is 1. The molecule has 3 aliphatic heterocycles. The third-order valence-electron chi connectivity index (χ3n) is 6.75. The lowest BCUT2D eigenvalue weighted by Gasteiger charge is -2.38. The van der Waals surface area contributed by atoms with Crippen LogP contribution in [-0.4, -0.2) is 36.8 Å². The van der Waals surface area contributed by atoms with E-state index in [2.05, 4.69) is 0 Å². The third kappa shape index (κ3) is 2.82. The number of fused-ring (bicyclic) bond motifs is 5. The number of benzene rings is 2. The van der Waals surface area contributed by atoms with Crippen molar-refractivity contribution in [2.45, 2.75) is 32.9 Å². The minimum Gasteiger partial charge on any atom is -0.497 e. The molecule has 4 atom stereocenters. The molecule has 164 valence electrons. The van der Waals surface area contributed by atoms with Crippen molar-refractivity contribution in [1.29, 1.82) is 0 Å². The van der Waals surface area contributed by atoms with Gasteiger partial charge in [-0.15, -0.1) is 0 Å². The molecule has 0 unspecified atom stereocenters. The normalized spacial score (nSPS) is 26.1. The highest BCUT2D eigenvalue weighted by Crippen LogP contribution is 2.50. The zero-order chi connectivity index (χ0) is 22.8. The summed E-state index contributed by atoms with van der Waals surface area (Å²) in [6, 6.07) is 13.7. The first-order valence-corrected chi connectivity index (χ1v) is 10.9. The van der Waals surface area contributed by atoms with Crippen molar-refractivity contribution in [3.05, 3.63) is 60.2 Å². The summed E-state index contributed by atoms with van der Waals surface area (Å²) in [5.41, 5.74) is 1.73. The molecule has 3 heterocycles. The van der Waals surface area contributed by atoms with Crippen LogP contribution >= 0.6 is 0 Å². The van der Waals surface area contributed by atoms with Crippen LogP contribution in [0, 0.1) is 17.3 Å². The molecule has 0 radical (unpaired) electrons. The summed E-state index contributed by atoms with van der Waals surface area (Å²) in [6.07, 6.45) is 3.96. The maximum absolute atomic E-state index is 13.7. The Labute approximate surface area is 187 Å². The molecule has 2 fully saturated rings. The summed E-state index contributed by atoms with van der Waals surface area (Å²) in [4.78, 5) is 44.3. The fourth-order valence-corrected chi connectivity index (χ4v) is 5.24. The molecule has 2 saturated heterocycles. The number of hydrogen-bond donors (Lipinski definition) is 0. The Morgan fingerprint density at radius 2 is 1.59 bits per heavy atom. The highest BCUT2D eigenvalue weighted by atomic mass is 16.5. The Hall–Kier alpha value is -3.41. The zero-order valence-electron chi connectivity index (χ0n) is 18.6. The van der Waals surface area contributed by atoms with Gasteiger partial charge in [-0.25, -0.2) is 4.90 Å². The van der Waals surface area contributed by atoms with Crippen molar-refractivity contribution in [1.82, 2.24) is 0 Å². The molecule has 0 aliphatic carbocycles. The molecule has 0 bridgehead atoms. The van der Waals surface area contributed by atoms with Gasteiger partial charge in [-0.3, -0.25) is 14.4 Å². The summed E-state index contributed by atoms with van der Waals surface area (Å²) >= 11 is 0. The van der Waals surface area contributed by atoms with Crippen molar-refractivity contribution in [2.24, 2.45) is 17.3 Å². The molecule has 0 aromatic heterocycles. The molecule has 2 aromatic carbocycles. The second-order valence-electron chi connectivity index (χ2n) is 9.64. The lowest BCUT2D eigenvalue weighted by molar-refractivity contribution is -0.132. The van der Waals surface area contributed by atoms with Crippen molar-refractivity contribution in [2.75, 3.05) is 16.9 Å². The first kappa shape index (κ1) is 20.5. The van der Waals surface area contributed by atoms with Crippen LogP contribution in [-0.2, 0) is 14.4 Å². The topological polar surface area (TPSA) is 66.9 Å². The molecular formula is C26H26N2O4. The zero-order valence-corrected chi connectivity index (χ0v) is 18.6. The van der Waals surface area contributed by atoms with Crippen LogP contribution in [0.3, 0.4) is 0 Å². The van der Waals surface area contributed by atoms with E-state index in [1.807, 2.05) is 62.1 Å². The van der Waals surface area contributed by atoms with Gasteiger partial charge in [0.2, 0.25) is 11.8 Å². The molecule has 2 aromatic rings. The van der Waals surface area contributed by atoms with Crippen LogP contribution in [0.2, 0.25) is 0 Å². The van der Waals surface area contributed by atoms with E-state index in [-0.39, 0.29) is 23.6 Å². The van der Waals surface area contributed by atoms with Crippen molar-refractivity contribution < 1.29 is 19.1 Å². The highest BCUT2D eigenvalue weighted by Gasteiger charge is 2.64. The number of carbonyl (C=O) groups excluding carboxylic acids is 3. The predicted molar refractivity (Wildman–Crippen MR) is 122 cm³/mol. The van der Waals surface area contributed by atoms with Gasteiger partial charge in [0.05, 0.1) is 30.7 Å². The number of anilines is 2. The molecule has 0 spiro atoms. The van der Waals surface area contributed by atoms with Gasteiger partial charge < -0.3 is 9.64 Å². The lowest BCUT2D eigenvalue weighted by atomic mass is 9.79. The number of rotatable bonds is 3. The largest absolute Gasteiger partial charge is 0.497 e. The van der Waals surface area contributed by atoms with E-state index in [9.17, 15) is 14.4 Å². The van der Waals surface area contributed by atoms with Gasteiger partial charge in [0.25, 0.3) is 0 Å². The van der Waals surface area contributed by atoms with Gasteiger partial charge in [-0.05, 0) is 35.9 Å². The van der Waals surface area contributed by atoms with Gasteiger partial charge >= 0.3 is 0 Å². The molecular weight excluding hydrogens is 404 g/mol. The highest BCUT2D eigenvalue weighted by molar-refractivity contribution is 6.25. The number of nitrogens with zero attached hydrogens (tertiary/aromatic N) is 2. The van der Waals surface area contributed by atoms with E-state index in [4.69, 9.17) is 4.74 Å². The van der Waals surface area contributed by atoms with Gasteiger partial charge in [0.15, 0.2) is 5.78 Å². The summed E-state index contributed by atoms with van der Waals surface area (Å²) < 4.78 is 5.20. The predicted octanol–water partition coefficient (Wildman–Crippen LogP) is 3.70. The van der Waals surface area contributed by atoms with E-state index in [0.29, 0.717) is 11.4 Å². The summed E-state index contributed by atoms with van der Waals surface area (Å²) in [5.74, 6) is -1.28. The number of hydrogen-bond acceptors (Lipinski definition) is 5. The Morgan fingerprint density at radius 3 is 2.25 bits per heavy atom. The second kappa shape index (κ2) is 7.05. The quantitative estimate of drug-likeness (QED) is 0.695. The fourth-order valence-electron chi connectivity index (χ4n) is 5.24. The molecule has 6 nitrogen and oxygen atoms in total. The van der Waals surface area contributed by atoms with E-state index in [1.54, 1.807) is 31.4 Å². The molecule has 5 rings (SSSR count). The smallest absolute Gasteiger partial charge is 0.240 e. The molecule has 6 heteroatoms. The maximum atomic E-state index is 13.7. The van der Waals surface area contributed by atoms with Crippen molar-refractivity contribution in [3.63, 3.8) is 0 Å². The van der Waals surface area contributed by atoms with Crippen molar-refractivity contribution >= 4 is 35.0 Å². The monoisotopic (exact) mass is 430 g/mol. The van der Waals surface area contributed by atoms with E-state index in [0.717, 1.165) is 11.3 Å². The number of carbonyl (C=O) groups is 3. The van der Waals surface area contributed by atoms with Gasteiger partial charge in [-0.1, -0.05) is 51.1 Å². The summed E-state index contributed by atoms with van der Waals surface area (Å²) in [5, 5.41) is 0. The van der Waals surface area contributed by atoms with E-state index < -0.39 is 23.3 Å². The summed E-state index contributed by atoms with van der Waals surface area (Å²) in [7, 11) is 1.57. The molecule has 2 amide bonds. The number of Topliss-reactive ketones (excluding diaryl/α,β-unsaturated/α-hetero) is 1. The molecule has 0 N–H and O–H groups in total. The van der Waals surface area contributed by atoms with Crippen LogP contribution in [0.5, 0.6) is 5.75 Å². The molecule has 3 aliphatic rings. The van der Waals surface area contributed by atoms with Crippen LogP contribution in [0.25, 0.3) is 6.08 Å². The average Bonchev–Trinajstić information content (AvgIpc) is 3.25. The van der Waals surface area contributed by atoms with Gasteiger partial charge in [-0.2, -0.15) is 0 Å². The SMILES string of the molecule is COc1ccc(N2C(=O)[C@@H]3[C@H](C2=O)[C@H]2C=Cc4ccccc4N2[C@@H]3C(=O)C(C)(C)C)cc1. The van der Waals surface area contributed by atoms with Gasteiger partial charge in [0.1, 0.15) is 11.8 Å². The number of amides is 2. The second-order valence-corrected chi connectivity index (χ2v) is 9.64. The molecule has 0 saturated carbocycles. The Balaban J connectivity index is 1.62. The van der Waals surface area contributed by atoms with Crippen LogP contribution in [0.1, 0.15) is 26.3 Å². The number of ether oxygens (including phenoxy) is 1. The first-order valence-electron chi connectivity index (χ1n) is 10.9.